The molecule has 3 aliphatic rings. The molecule has 1 aliphatic carbocycles. The molecule has 0 amide bonds. The fourth-order valence-electron chi connectivity index (χ4n) is 4.62. The van der Waals surface area contributed by atoms with Gasteiger partial charge in [0.05, 0.1) is 42.2 Å². The average Bonchev–Trinajstić information content (AvgIpc) is 3.35. The van der Waals surface area contributed by atoms with E-state index in [1.54, 1.807) is 7.11 Å². The molecule has 1 saturated carbocycles. The minimum atomic E-state index is 0.447. The number of guanidine groups is 1. The van der Waals surface area contributed by atoms with Crippen molar-refractivity contribution in [3.63, 3.8) is 0 Å². The summed E-state index contributed by atoms with van der Waals surface area (Å²) in [6.07, 6.45) is 5.68. The molecule has 1 aromatic carbocycles. The monoisotopic (exact) mass is 429 g/mol. The molecule has 0 saturated heterocycles. The number of fused-ring (bicyclic) bond motifs is 5. The highest BCUT2D eigenvalue weighted by Gasteiger charge is 2.46. The third-order valence-corrected chi connectivity index (χ3v) is 6.62. The van der Waals surface area contributed by atoms with E-state index in [2.05, 4.69) is 49.4 Å². The van der Waals surface area contributed by atoms with Crippen LogP contribution in [-0.4, -0.2) is 46.1 Å². The molecule has 27 heavy (non-hydrogen) atoms. The van der Waals surface area contributed by atoms with Gasteiger partial charge in [0, 0.05) is 13.1 Å². The largest absolute Gasteiger partial charge is 0.496 e. The molecule has 0 spiro atoms. The lowest BCUT2D eigenvalue weighted by atomic mass is 10.1. The van der Waals surface area contributed by atoms with E-state index in [1.165, 1.54) is 30.5 Å². The number of nitrogens with zero attached hydrogens (tertiary/aromatic N) is 5. The Morgan fingerprint density at radius 3 is 2.96 bits per heavy atom. The Kier molecular flexibility index (Phi) is 4.15. The van der Waals surface area contributed by atoms with Crippen molar-refractivity contribution in [1.82, 2.24) is 14.5 Å². The zero-order valence-corrected chi connectivity index (χ0v) is 17.3. The van der Waals surface area contributed by atoms with E-state index >= 15 is 0 Å². The first kappa shape index (κ1) is 17.1. The fraction of sp³-hybridized carbons (Fsp3) is 0.500. The van der Waals surface area contributed by atoms with Crippen LogP contribution in [-0.2, 0) is 13.1 Å². The van der Waals surface area contributed by atoms with Crippen molar-refractivity contribution in [2.75, 3.05) is 18.6 Å². The second-order valence-corrected chi connectivity index (χ2v) is 8.34. The van der Waals surface area contributed by atoms with Gasteiger partial charge in [0.15, 0.2) is 5.82 Å². The number of imidazole rings is 1. The summed E-state index contributed by atoms with van der Waals surface area (Å²) in [5.74, 6) is 3.10. The number of rotatable bonds is 4. The number of hydrogen-bond acceptors (Lipinski definition) is 5. The van der Waals surface area contributed by atoms with Gasteiger partial charge in [-0.1, -0.05) is 6.07 Å². The summed E-state index contributed by atoms with van der Waals surface area (Å²) >= 11 is 3.59. The number of methoxy groups -OCH3 is 1. The lowest BCUT2D eigenvalue weighted by Crippen LogP contribution is -2.50. The fourth-order valence-corrected chi connectivity index (χ4v) is 5.21. The van der Waals surface area contributed by atoms with Crippen LogP contribution in [0, 0.1) is 0 Å². The molecular formula is C20H24BrN5O. The van der Waals surface area contributed by atoms with Gasteiger partial charge in [-0.2, -0.15) is 0 Å². The highest BCUT2D eigenvalue weighted by atomic mass is 79.9. The molecule has 0 unspecified atom stereocenters. The summed E-state index contributed by atoms with van der Waals surface area (Å²) in [5.41, 5.74) is 2.51. The Morgan fingerprint density at radius 1 is 1.30 bits per heavy atom. The smallest absolute Gasteiger partial charge is 0.203 e. The molecule has 5 rings (SSSR count). The second-order valence-electron chi connectivity index (χ2n) is 7.49. The van der Waals surface area contributed by atoms with Crippen LogP contribution in [0.3, 0.4) is 0 Å². The minimum Gasteiger partial charge on any atom is -0.496 e. The maximum Gasteiger partial charge on any atom is 0.203 e. The summed E-state index contributed by atoms with van der Waals surface area (Å²) in [6, 6.07) is 7.19. The topological polar surface area (TPSA) is 45.9 Å². The van der Waals surface area contributed by atoms with Crippen LogP contribution in [0.4, 0.5) is 5.82 Å². The van der Waals surface area contributed by atoms with Gasteiger partial charge in [0.1, 0.15) is 5.75 Å². The average molecular weight is 430 g/mol. The summed E-state index contributed by atoms with van der Waals surface area (Å²) in [6.45, 7) is 4.85. The maximum atomic E-state index is 5.35. The Bertz CT molecular complexity index is 908. The van der Waals surface area contributed by atoms with Crippen molar-refractivity contribution >= 4 is 27.7 Å². The van der Waals surface area contributed by atoms with Gasteiger partial charge >= 0.3 is 0 Å². The summed E-state index contributed by atoms with van der Waals surface area (Å²) in [4.78, 5) is 14.7. The predicted molar refractivity (Wildman–Crippen MR) is 109 cm³/mol. The van der Waals surface area contributed by atoms with Crippen LogP contribution in [0.5, 0.6) is 5.75 Å². The molecule has 3 heterocycles. The van der Waals surface area contributed by atoms with E-state index in [-0.39, 0.29) is 0 Å². The van der Waals surface area contributed by atoms with Gasteiger partial charge in [0.2, 0.25) is 5.96 Å². The van der Waals surface area contributed by atoms with Gasteiger partial charge in [0.25, 0.3) is 0 Å². The Hall–Kier alpha value is -2.02. The normalized spacial score (nSPS) is 23.1. The van der Waals surface area contributed by atoms with Crippen molar-refractivity contribution in [3.05, 3.63) is 40.3 Å². The molecule has 0 bridgehead atoms. The molecule has 2 aromatic rings. The van der Waals surface area contributed by atoms with Crippen LogP contribution in [0.1, 0.15) is 37.4 Å². The number of halogens is 1. The van der Waals surface area contributed by atoms with Gasteiger partial charge in [-0.05, 0) is 59.8 Å². The van der Waals surface area contributed by atoms with Gasteiger partial charge in [-0.15, -0.1) is 0 Å². The lowest BCUT2D eigenvalue weighted by molar-refractivity contribution is 0.402. The van der Waals surface area contributed by atoms with Crippen LogP contribution >= 0.6 is 15.9 Å². The predicted octanol–water partition coefficient (Wildman–Crippen LogP) is 3.64. The molecule has 7 heteroatoms. The Labute approximate surface area is 168 Å². The highest BCUT2D eigenvalue weighted by molar-refractivity contribution is 9.10. The molecule has 2 atom stereocenters. The van der Waals surface area contributed by atoms with Gasteiger partial charge < -0.3 is 14.2 Å². The van der Waals surface area contributed by atoms with Crippen molar-refractivity contribution in [2.45, 2.75) is 51.4 Å². The Balaban J connectivity index is 1.49. The summed E-state index contributed by atoms with van der Waals surface area (Å²) in [5, 5.41) is 0. The maximum absolute atomic E-state index is 5.35. The highest BCUT2D eigenvalue weighted by Crippen LogP contribution is 2.40. The first-order chi connectivity index (χ1) is 13.2. The molecule has 0 N–H and O–H groups in total. The standard InChI is InChI=1S/C20H24BrN5O/c1-3-24-11-17-19(26-16-6-4-5-15(16)23-20(24)26)22-12-25(17)10-13-7-8-18(27-2)14(21)9-13/h7-9,12,15-16H,3-6,10-11H2,1-2H3/t15-,16+/m1/s1. The zero-order valence-electron chi connectivity index (χ0n) is 15.7. The number of aromatic nitrogens is 2. The molecule has 1 fully saturated rings. The van der Waals surface area contributed by atoms with E-state index in [0.29, 0.717) is 12.1 Å². The number of ether oxygens (including phenoxy) is 1. The molecule has 0 radical (unpaired) electrons. The second kappa shape index (κ2) is 6.55. The van der Waals surface area contributed by atoms with Gasteiger partial charge in [-0.25, -0.2) is 9.98 Å². The lowest BCUT2D eigenvalue weighted by Gasteiger charge is -2.37. The van der Waals surface area contributed by atoms with E-state index in [4.69, 9.17) is 14.7 Å². The zero-order chi connectivity index (χ0) is 18.5. The Morgan fingerprint density at radius 2 is 2.19 bits per heavy atom. The molecular weight excluding hydrogens is 406 g/mol. The van der Waals surface area contributed by atoms with Crippen LogP contribution in [0.25, 0.3) is 0 Å². The third kappa shape index (κ3) is 2.66. The van der Waals surface area contributed by atoms with E-state index in [9.17, 15) is 0 Å². The van der Waals surface area contributed by atoms with E-state index in [1.807, 2.05) is 12.4 Å². The number of aliphatic imine (C=N–C) groups is 1. The van der Waals surface area contributed by atoms with Crippen molar-refractivity contribution in [1.29, 1.82) is 0 Å². The van der Waals surface area contributed by atoms with E-state index < -0.39 is 0 Å². The first-order valence-electron chi connectivity index (χ1n) is 9.68. The summed E-state index contributed by atoms with van der Waals surface area (Å²) < 4.78 is 8.61. The van der Waals surface area contributed by atoms with Crippen LogP contribution in [0.15, 0.2) is 34.0 Å². The van der Waals surface area contributed by atoms with Crippen LogP contribution in [0.2, 0.25) is 0 Å². The SMILES string of the molecule is CCN1Cc2c(ncn2Cc2ccc(OC)c(Br)c2)N2C1=N[C@@H]1CCC[C@@H]12. The van der Waals surface area contributed by atoms with Crippen molar-refractivity contribution < 1.29 is 4.74 Å². The van der Waals surface area contributed by atoms with Crippen molar-refractivity contribution in [3.8, 4) is 5.75 Å². The van der Waals surface area contributed by atoms with Gasteiger partial charge in [-0.3, -0.25) is 4.90 Å². The van der Waals surface area contributed by atoms with Crippen LogP contribution < -0.4 is 9.64 Å². The molecule has 1 aromatic heterocycles. The molecule has 142 valence electrons. The van der Waals surface area contributed by atoms with E-state index in [0.717, 1.165) is 41.6 Å². The number of hydrogen-bond donors (Lipinski definition) is 0. The minimum absolute atomic E-state index is 0.447. The van der Waals surface area contributed by atoms with Crippen molar-refractivity contribution in [2.24, 2.45) is 4.99 Å². The quantitative estimate of drug-likeness (QED) is 0.743. The summed E-state index contributed by atoms with van der Waals surface area (Å²) in [7, 11) is 1.69. The molecule has 6 nitrogen and oxygen atoms in total. The first-order valence-corrected chi connectivity index (χ1v) is 10.5. The molecule has 2 aliphatic heterocycles. The number of anilines is 1. The third-order valence-electron chi connectivity index (χ3n) is 6.00. The number of benzene rings is 1.